The van der Waals surface area contributed by atoms with E-state index < -0.39 is 17.3 Å². The second-order valence-electron chi connectivity index (χ2n) is 4.97. The van der Waals surface area contributed by atoms with Gasteiger partial charge in [-0.15, -0.1) is 0 Å². The van der Waals surface area contributed by atoms with Crippen LogP contribution in [-0.4, -0.2) is 34.6 Å². The number of carbonyl (C=O) groups is 2. The van der Waals surface area contributed by atoms with Crippen molar-refractivity contribution in [3.8, 4) is 0 Å². The molecule has 0 aliphatic carbocycles. The first kappa shape index (κ1) is 16.7. The van der Waals surface area contributed by atoms with Gasteiger partial charge in [-0.2, -0.15) is 0 Å². The second kappa shape index (κ2) is 7.04. The highest BCUT2D eigenvalue weighted by Crippen LogP contribution is 2.10. The zero-order valence-electron chi connectivity index (χ0n) is 13.4. The lowest BCUT2D eigenvalue weighted by molar-refractivity contribution is -0.141. The standard InChI is InChI=1S/C16H19N3O4/c1-4-19-9-12(16(22)17-8-13(20)23-5-2)14(21)11-7-6-10(3)18-15(11)19/h6-7,9H,4-5,8H2,1-3H3,(H,17,22). The summed E-state index contributed by atoms with van der Waals surface area (Å²) in [4.78, 5) is 40.4. The molecule has 1 N–H and O–H groups in total. The molecule has 0 unspecified atom stereocenters. The number of amides is 1. The summed E-state index contributed by atoms with van der Waals surface area (Å²) in [5, 5.41) is 2.78. The van der Waals surface area contributed by atoms with Gasteiger partial charge in [0.05, 0.1) is 12.0 Å². The normalized spacial score (nSPS) is 10.6. The van der Waals surface area contributed by atoms with Gasteiger partial charge < -0.3 is 14.6 Å². The number of hydrogen-bond acceptors (Lipinski definition) is 5. The Morgan fingerprint density at radius 3 is 2.70 bits per heavy atom. The Hall–Kier alpha value is -2.70. The number of aromatic nitrogens is 2. The monoisotopic (exact) mass is 317 g/mol. The fourth-order valence-corrected chi connectivity index (χ4v) is 2.22. The van der Waals surface area contributed by atoms with Gasteiger partial charge in [-0.3, -0.25) is 14.4 Å². The van der Waals surface area contributed by atoms with E-state index in [1.54, 1.807) is 23.6 Å². The zero-order chi connectivity index (χ0) is 17.0. The molecule has 0 radical (unpaired) electrons. The van der Waals surface area contributed by atoms with Gasteiger partial charge in [0.25, 0.3) is 5.91 Å². The van der Waals surface area contributed by atoms with Crippen LogP contribution in [0.1, 0.15) is 29.9 Å². The van der Waals surface area contributed by atoms with Gasteiger partial charge in [0, 0.05) is 18.4 Å². The first-order valence-electron chi connectivity index (χ1n) is 7.42. The van der Waals surface area contributed by atoms with E-state index in [0.29, 0.717) is 17.6 Å². The Morgan fingerprint density at radius 1 is 1.30 bits per heavy atom. The molecule has 0 saturated carbocycles. The molecule has 0 fully saturated rings. The molecule has 23 heavy (non-hydrogen) atoms. The number of pyridine rings is 2. The predicted octanol–water partition coefficient (Wildman–Crippen LogP) is 1.02. The Morgan fingerprint density at radius 2 is 2.04 bits per heavy atom. The molecular weight excluding hydrogens is 298 g/mol. The van der Waals surface area contributed by atoms with Crippen molar-refractivity contribution in [3.63, 3.8) is 0 Å². The van der Waals surface area contributed by atoms with E-state index in [0.717, 1.165) is 5.69 Å². The number of hydrogen-bond donors (Lipinski definition) is 1. The molecule has 0 spiro atoms. The van der Waals surface area contributed by atoms with Crippen LogP contribution >= 0.6 is 0 Å². The van der Waals surface area contributed by atoms with Crippen molar-refractivity contribution in [3.05, 3.63) is 39.8 Å². The summed E-state index contributed by atoms with van der Waals surface area (Å²) in [6, 6.07) is 3.39. The summed E-state index contributed by atoms with van der Waals surface area (Å²) in [5.74, 6) is -1.15. The van der Waals surface area contributed by atoms with E-state index in [4.69, 9.17) is 4.74 Å². The van der Waals surface area contributed by atoms with Crippen LogP contribution in [0.3, 0.4) is 0 Å². The summed E-state index contributed by atoms with van der Waals surface area (Å²) in [7, 11) is 0. The first-order chi connectivity index (χ1) is 11.0. The molecular formula is C16H19N3O4. The van der Waals surface area contributed by atoms with Crippen LogP contribution in [0.25, 0.3) is 11.0 Å². The third-order valence-corrected chi connectivity index (χ3v) is 3.34. The summed E-state index contributed by atoms with van der Waals surface area (Å²) in [5.41, 5.74) is 0.908. The van der Waals surface area contributed by atoms with Crippen molar-refractivity contribution in [2.75, 3.05) is 13.2 Å². The van der Waals surface area contributed by atoms with Crippen molar-refractivity contribution in [2.45, 2.75) is 27.3 Å². The Kier molecular flexibility index (Phi) is 5.10. The molecule has 2 aromatic rings. The number of nitrogens with one attached hydrogen (secondary N) is 1. The molecule has 2 rings (SSSR count). The SMILES string of the molecule is CCOC(=O)CNC(=O)c1cn(CC)c2nc(C)ccc2c1=O. The number of rotatable bonds is 5. The minimum absolute atomic E-state index is 0.0192. The molecule has 2 heterocycles. The van der Waals surface area contributed by atoms with Crippen molar-refractivity contribution >= 4 is 22.9 Å². The molecule has 7 nitrogen and oxygen atoms in total. The molecule has 2 aromatic heterocycles. The number of ether oxygens (including phenoxy) is 1. The minimum Gasteiger partial charge on any atom is -0.465 e. The number of nitrogens with zero attached hydrogens (tertiary/aromatic N) is 2. The largest absolute Gasteiger partial charge is 0.465 e. The fraction of sp³-hybridized carbons (Fsp3) is 0.375. The van der Waals surface area contributed by atoms with Crippen molar-refractivity contribution in [1.29, 1.82) is 0 Å². The highest BCUT2D eigenvalue weighted by Gasteiger charge is 2.16. The van der Waals surface area contributed by atoms with Crippen LogP contribution in [0.5, 0.6) is 0 Å². The van der Waals surface area contributed by atoms with E-state index in [2.05, 4.69) is 10.3 Å². The fourth-order valence-electron chi connectivity index (χ4n) is 2.22. The third kappa shape index (κ3) is 3.56. The first-order valence-corrected chi connectivity index (χ1v) is 7.42. The molecule has 0 saturated heterocycles. The molecule has 0 bridgehead atoms. The lowest BCUT2D eigenvalue weighted by Crippen LogP contribution is -2.34. The van der Waals surface area contributed by atoms with Gasteiger partial charge in [-0.25, -0.2) is 4.98 Å². The van der Waals surface area contributed by atoms with Crippen LogP contribution in [-0.2, 0) is 16.1 Å². The molecule has 0 aromatic carbocycles. The lowest BCUT2D eigenvalue weighted by atomic mass is 10.1. The highest BCUT2D eigenvalue weighted by molar-refractivity contribution is 5.98. The van der Waals surface area contributed by atoms with Gasteiger partial charge in [0.2, 0.25) is 5.43 Å². The maximum atomic E-state index is 12.5. The topological polar surface area (TPSA) is 90.3 Å². The van der Waals surface area contributed by atoms with Crippen molar-refractivity contribution in [2.24, 2.45) is 0 Å². The van der Waals surface area contributed by atoms with E-state index in [1.807, 2.05) is 13.8 Å². The van der Waals surface area contributed by atoms with Gasteiger partial charge >= 0.3 is 5.97 Å². The maximum Gasteiger partial charge on any atom is 0.325 e. The van der Waals surface area contributed by atoms with Crippen molar-refractivity contribution in [1.82, 2.24) is 14.9 Å². The molecule has 0 atom stereocenters. The number of esters is 1. The van der Waals surface area contributed by atoms with E-state index in [1.165, 1.54) is 6.20 Å². The quantitative estimate of drug-likeness (QED) is 0.831. The van der Waals surface area contributed by atoms with Crippen LogP contribution in [0, 0.1) is 6.92 Å². The van der Waals surface area contributed by atoms with Crippen LogP contribution in [0.15, 0.2) is 23.1 Å². The molecule has 1 amide bonds. The van der Waals surface area contributed by atoms with Gasteiger partial charge in [0.1, 0.15) is 17.8 Å². The molecule has 0 aliphatic heterocycles. The van der Waals surface area contributed by atoms with Crippen LogP contribution in [0.4, 0.5) is 0 Å². The molecule has 0 aliphatic rings. The van der Waals surface area contributed by atoms with Crippen molar-refractivity contribution < 1.29 is 14.3 Å². The average Bonchev–Trinajstić information content (AvgIpc) is 2.53. The lowest BCUT2D eigenvalue weighted by Gasteiger charge is -2.11. The zero-order valence-corrected chi connectivity index (χ0v) is 13.4. The summed E-state index contributed by atoms with van der Waals surface area (Å²) >= 11 is 0. The second-order valence-corrected chi connectivity index (χ2v) is 4.97. The minimum atomic E-state index is -0.604. The Bertz CT molecular complexity index is 811. The van der Waals surface area contributed by atoms with Gasteiger partial charge in [-0.1, -0.05) is 0 Å². The third-order valence-electron chi connectivity index (χ3n) is 3.34. The van der Waals surface area contributed by atoms with E-state index >= 15 is 0 Å². The predicted molar refractivity (Wildman–Crippen MR) is 85.4 cm³/mol. The van der Waals surface area contributed by atoms with Crippen LogP contribution < -0.4 is 10.7 Å². The van der Waals surface area contributed by atoms with Gasteiger partial charge in [0.15, 0.2) is 0 Å². The maximum absolute atomic E-state index is 12.5. The highest BCUT2D eigenvalue weighted by atomic mass is 16.5. The molecule has 7 heteroatoms. The summed E-state index contributed by atoms with van der Waals surface area (Å²) in [6.45, 7) is 5.93. The van der Waals surface area contributed by atoms with Crippen LogP contribution in [0.2, 0.25) is 0 Å². The number of fused-ring (bicyclic) bond motifs is 1. The number of carbonyl (C=O) groups excluding carboxylic acids is 2. The van der Waals surface area contributed by atoms with E-state index in [9.17, 15) is 14.4 Å². The van der Waals surface area contributed by atoms with Gasteiger partial charge in [-0.05, 0) is 32.9 Å². The number of aryl methyl sites for hydroxylation is 2. The Labute approximate surface area is 133 Å². The van der Waals surface area contributed by atoms with E-state index in [-0.39, 0.29) is 18.7 Å². The summed E-state index contributed by atoms with van der Waals surface area (Å²) in [6.07, 6.45) is 1.47. The average molecular weight is 317 g/mol. The Balaban J connectivity index is 2.39. The molecule has 122 valence electrons. The smallest absolute Gasteiger partial charge is 0.325 e. The summed E-state index contributed by atoms with van der Waals surface area (Å²) < 4.78 is 6.48.